The standard InChI is InChI=1S/C12H16N2O2/c1-3-14(10-4-5-10)11-8-9(6-7-13-11)12(15)16-2/h6-8,10H,3-5H2,1-2H3. The molecule has 0 radical (unpaired) electrons. The second-order valence-corrected chi connectivity index (χ2v) is 3.91. The average Bonchev–Trinajstić information content (AvgIpc) is 3.14. The van der Waals surface area contributed by atoms with Crippen LogP contribution in [-0.4, -0.2) is 30.6 Å². The van der Waals surface area contributed by atoms with Crippen LogP contribution < -0.4 is 4.90 Å². The van der Waals surface area contributed by atoms with E-state index >= 15 is 0 Å². The zero-order chi connectivity index (χ0) is 11.5. The summed E-state index contributed by atoms with van der Waals surface area (Å²) in [6.07, 6.45) is 4.10. The number of anilines is 1. The van der Waals surface area contributed by atoms with E-state index in [1.165, 1.54) is 20.0 Å². The van der Waals surface area contributed by atoms with Crippen LogP contribution in [0.3, 0.4) is 0 Å². The largest absolute Gasteiger partial charge is 0.465 e. The summed E-state index contributed by atoms with van der Waals surface area (Å²) in [5, 5.41) is 0. The van der Waals surface area contributed by atoms with Gasteiger partial charge in [0.25, 0.3) is 0 Å². The smallest absolute Gasteiger partial charge is 0.338 e. The Morgan fingerprint density at radius 1 is 1.62 bits per heavy atom. The quantitative estimate of drug-likeness (QED) is 0.726. The number of esters is 1. The number of aromatic nitrogens is 1. The van der Waals surface area contributed by atoms with E-state index in [-0.39, 0.29) is 5.97 Å². The molecule has 0 saturated heterocycles. The molecule has 0 aromatic carbocycles. The Labute approximate surface area is 95.2 Å². The lowest BCUT2D eigenvalue weighted by atomic mass is 10.2. The summed E-state index contributed by atoms with van der Waals surface area (Å²) < 4.78 is 4.70. The highest BCUT2D eigenvalue weighted by Gasteiger charge is 2.29. The van der Waals surface area contributed by atoms with Crippen molar-refractivity contribution in [2.45, 2.75) is 25.8 Å². The van der Waals surface area contributed by atoms with Crippen molar-refractivity contribution in [1.82, 2.24) is 4.98 Å². The first-order valence-electron chi connectivity index (χ1n) is 5.57. The molecule has 86 valence electrons. The molecule has 1 saturated carbocycles. The fourth-order valence-corrected chi connectivity index (χ4v) is 1.81. The minimum atomic E-state index is -0.310. The van der Waals surface area contributed by atoms with Gasteiger partial charge >= 0.3 is 5.97 Å². The highest BCUT2D eigenvalue weighted by atomic mass is 16.5. The topological polar surface area (TPSA) is 42.4 Å². The number of rotatable bonds is 4. The lowest BCUT2D eigenvalue weighted by molar-refractivity contribution is 0.0600. The molecular formula is C12H16N2O2. The zero-order valence-electron chi connectivity index (χ0n) is 9.64. The Morgan fingerprint density at radius 2 is 2.38 bits per heavy atom. The van der Waals surface area contributed by atoms with Crippen molar-refractivity contribution >= 4 is 11.8 Å². The molecule has 0 aliphatic heterocycles. The van der Waals surface area contributed by atoms with Gasteiger partial charge in [-0.1, -0.05) is 0 Å². The van der Waals surface area contributed by atoms with Gasteiger partial charge in [-0.3, -0.25) is 0 Å². The van der Waals surface area contributed by atoms with E-state index in [1.54, 1.807) is 18.3 Å². The minimum Gasteiger partial charge on any atom is -0.465 e. The summed E-state index contributed by atoms with van der Waals surface area (Å²) in [5.74, 6) is 0.559. The summed E-state index contributed by atoms with van der Waals surface area (Å²) >= 11 is 0. The number of carbonyl (C=O) groups excluding carboxylic acids is 1. The van der Waals surface area contributed by atoms with Crippen LogP contribution in [0.4, 0.5) is 5.82 Å². The zero-order valence-corrected chi connectivity index (χ0v) is 9.64. The molecule has 0 atom stereocenters. The normalized spacial score (nSPS) is 14.6. The Balaban J connectivity index is 2.23. The van der Waals surface area contributed by atoms with Crippen LogP contribution in [0.25, 0.3) is 0 Å². The molecule has 1 fully saturated rings. The monoisotopic (exact) mass is 220 g/mol. The predicted molar refractivity (Wildman–Crippen MR) is 61.6 cm³/mol. The summed E-state index contributed by atoms with van der Waals surface area (Å²) in [6, 6.07) is 4.08. The average molecular weight is 220 g/mol. The van der Waals surface area contributed by atoms with Gasteiger partial charge in [-0.05, 0) is 31.9 Å². The number of hydrogen-bond donors (Lipinski definition) is 0. The molecule has 1 aromatic heterocycles. The number of pyridine rings is 1. The van der Waals surface area contributed by atoms with Crippen molar-refractivity contribution < 1.29 is 9.53 Å². The van der Waals surface area contributed by atoms with Crippen molar-refractivity contribution in [3.63, 3.8) is 0 Å². The van der Waals surface area contributed by atoms with Gasteiger partial charge in [-0.25, -0.2) is 9.78 Å². The van der Waals surface area contributed by atoms with Gasteiger partial charge in [-0.2, -0.15) is 0 Å². The third kappa shape index (κ3) is 2.15. The second-order valence-electron chi connectivity index (χ2n) is 3.91. The van der Waals surface area contributed by atoms with Crippen LogP contribution in [0.15, 0.2) is 18.3 Å². The van der Waals surface area contributed by atoms with Crippen molar-refractivity contribution in [2.75, 3.05) is 18.6 Å². The molecular weight excluding hydrogens is 204 g/mol. The molecule has 4 nitrogen and oxygen atoms in total. The van der Waals surface area contributed by atoms with Crippen LogP contribution >= 0.6 is 0 Å². The molecule has 0 bridgehead atoms. The third-order valence-electron chi connectivity index (χ3n) is 2.79. The van der Waals surface area contributed by atoms with Gasteiger partial charge in [0.2, 0.25) is 0 Å². The lowest BCUT2D eigenvalue weighted by Crippen LogP contribution is -2.26. The Bertz CT molecular complexity index is 388. The molecule has 0 unspecified atom stereocenters. The fourth-order valence-electron chi connectivity index (χ4n) is 1.81. The van der Waals surface area contributed by atoms with Gasteiger partial charge in [0.15, 0.2) is 0 Å². The molecule has 16 heavy (non-hydrogen) atoms. The molecule has 1 heterocycles. The van der Waals surface area contributed by atoms with Gasteiger partial charge in [0.05, 0.1) is 12.7 Å². The first kappa shape index (κ1) is 10.9. The van der Waals surface area contributed by atoms with Gasteiger partial charge < -0.3 is 9.64 Å². The number of nitrogens with zero attached hydrogens (tertiary/aromatic N) is 2. The van der Waals surface area contributed by atoms with Crippen LogP contribution in [0.1, 0.15) is 30.1 Å². The van der Waals surface area contributed by atoms with Gasteiger partial charge in [0, 0.05) is 18.8 Å². The number of carbonyl (C=O) groups is 1. The van der Waals surface area contributed by atoms with E-state index in [0.29, 0.717) is 11.6 Å². The molecule has 1 aliphatic carbocycles. The highest BCUT2D eigenvalue weighted by Crippen LogP contribution is 2.30. The number of ether oxygens (including phenoxy) is 1. The maximum atomic E-state index is 11.4. The van der Waals surface area contributed by atoms with Crippen molar-refractivity contribution in [2.24, 2.45) is 0 Å². The van der Waals surface area contributed by atoms with Crippen molar-refractivity contribution in [1.29, 1.82) is 0 Å². The Hall–Kier alpha value is -1.58. The maximum absolute atomic E-state index is 11.4. The van der Waals surface area contributed by atoms with Crippen LogP contribution in [0.5, 0.6) is 0 Å². The van der Waals surface area contributed by atoms with E-state index in [1.807, 2.05) is 0 Å². The molecule has 0 spiro atoms. The SMILES string of the molecule is CCN(c1cc(C(=O)OC)ccn1)C1CC1. The Morgan fingerprint density at radius 3 is 2.94 bits per heavy atom. The second kappa shape index (κ2) is 4.51. The lowest BCUT2D eigenvalue weighted by Gasteiger charge is -2.21. The molecule has 1 aromatic rings. The van der Waals surface area contributed by atoms with Crippen LogP contribution in [0.2, 0.25) is 0 Å². The van der Waals surface area contributed by atoms with Crippen LogP contribution in [0, 0.1) is 0 Å². The van der Waals surface area contributed by atoms with Crippen molar-refractivity contribution in [3.8, 4) is 0 Å². The fraction of sp³-hybridized carbons (Fsp3) is 0.500. The minimum absolute atomic E-state index is 0.310. The predicted octanol–water partition coefficient (Wildman–Crippen LogP) is 1.86. The summed E-state index contributed by atoms with van der Waals surface area (Å²) in [4.78, 5) is 17.9. The van der Waals surface area contributed by atoms with E-state index in [2.05, 4.69) is 16.8 Å². The van der Waals surface area contributed by atoms with Gasteiger partial charge in [-0.15, -0.1) is 0 Å². The summed E-state index contributed by atoms with van der Waals surface area (Å²) in [6.45, 7) is 3.02. The molecule has 4 heteroatoms. The van der Waals surface area contributed by atoms with Crippen molar-refractivity contribution in [3.05, 3.63) is 23.9 Å². The highest BCUT2D eigenvalue weighted by molar-refractivity contribution is 5.90. The molecule has 1 aliphatic rings. The van der Waals surface area contributed by atoms with Gasteiger partial charge in [0.1, 0.15) is 5.82 Å². The van der Waals surface area contributed by atoms with E-state index < -0.39 is 0 Å². The summed E-state index contributed by atoms with van der Waals surface area (Å²) in [5.41, 5.74) is 0.562. The first-order chi connectivity index (χ1) is 7.76. The number of hydrogen-bond acceptors (Lipinski definition) is 4. The third-order valence-corrected chi connectivity index (χ3v) is 2.79. The first-order valence-corrected chi connectivity index (χ1v) is 5.57. The molecule has 0 amide bonds. The van der Waals surface area contributed by atoms with Crippen LogP contribution in [-0.2, 0) is 4.74 Å². The van der Waals surface area contributed by atoms with E-state index in [0.717, 1.165) is 12.4 Å². The molecule has 2 rings (SSSR count). The molecule has 0 N–H and O–H groups in total. The van der Waals surface area contributed by atoms with E-state index in [4.69, 9.17) is 4.74 Å². The maximum Gasteiger partial charge on any atom is 0.338 e. The van der Waals surface area contributed by atoms with E-state index in [9.17, 15) is 4.79 Å². The number of methoxy groups -OCH3 is 1. The summed E-state index contributed by atoms with van der Waals surface area (Å²) in [7, 11) is 1.39. The Kier molecular flexibility index (Phi) is 3.08.